The number of rotatable bonds is 6. The maximum absolute atomic E-state index is 12.0. The van der Waals surface area contributed by atoms with Crippen molar-refractivity contribution in [3.05, 3.63) is 0 Å². The third kappa shape index (κ3) is 2.38. The zero-order chi connectivity index (χ0) is 14.3. The molecule has 5 heteroatoms. The third-order valence-corrected chi connectivity index (χ3v) is 5.48. The molecule has 3 fully saturated rings. The Balaban J connectivity index is 1.47. The first kappa shape index (κ1) is 13.7. The second-order valence-electron chi connectivity index (χ2n) is 6.66. The number of aliphatic carboxylic acids is 1. The van der Waals surface area contributed by atoms with E-state index in [4.69, 9.17) is 5.11 Å². The summed E-state index contributed by atoms with van der Waals surface area (Å²) in [6, 6.07) is -0.751. The summed E-state index contributed by atoms with van der Waals surface area (Å²) >= 11 is 0. The summed E-state index contributed by atoms with van der Waals surface area (Å²) in [6.45, 7) is 2.01. The molecule has 3 aliphatic rings. The lowest BCUT2D eigenvalue weighted by Gasteiger charge is -2.16. The van der Waals surface area contributed by atoms with Crippen LogP contribution in [0.1, 0.15) is 45.4 Å². The van der Waals surface area contributed by atoms with Crippen molar-refractivity contribution in [2.45, 2.75) is 57.5 Å². The lowest BCUT2D eigenvalue weighted by atomic mass is 10.0. The molecular formula is C15H24N2O3. The van der Waals surface area contributed by atoms with Crippen molar-refractivity contribution >= 4 is 12.0 Å². The quantitative estimate of drug-likeness (QED) is 0.696. The summed E-state index contributed by atoms with van der Waals surface area (Å²) in [5.74, 6) is 2.04. The number of fused-ring (bicyclic) bond motifs is 5. The fraction of sp³-hybridized carbons (Fsp3) is 0.867. The molecule has 0 heterocycles. The molecule has 3 rings (SSSR count). The van der Waals surface area contributed by atoms with Gasteiger partial charge in [-0.15, -0.1) is 0 Å². The van der Waals surface area contributed by atoms with Gasteiger partial charge in [-0.3, -0.25) is 0 Å². The first-order chi connectivity index (χ1) is 9.61. The van der Waals surface area contributed by atoms with Gasteiger partial charge < -0.3 is 15.7 Å². The average molecular weight is 280 g/mol. The normalized spacial score (nSPS) is 38.1. The molecule has 2 bridgehead atoms. The number of hydrogen-bond acceptors (Lipinski definition) is 2. The Morgan fingerprint density at radius 2 is 1.90 bits per heavy atom. The van der Waals surface area contributed by atoms with Gasteiger partial charge in [0.1, 0.15) is 6.04 Å². The van der Waals surface area contributed by atoms with Gasteiger partial charge in [0.05, 0.1) is 0 Å². The van der Waals surface area contributed by atoms with E-state index in [-0.39, 0.29) is 6.03 Å². The minimum atomic E-state index is -0.940. The van der Waals surface area contributed by atoms with Crippen molar-refractivity contribution in [2.24, 2.45) is 23.7 Å². The van der Waals surface area contributed by atoms with Gasteiger partial charge in [0, 0.05) is 6.04 Å². The molecule has 0 radical (unpaired) electrons. The topological polar surface area (TPSA) is 78.4 Å². The van der Waals surface area contributed by atoms with Gasteiger partial charge in [0.15, 0.2) is 0 Å². The van der Waals surface area contributed by atoms with Crippen LogP contribution in [0.15, 0.2) is 0 Å². The highest BCUT2D eigenvalue weighted by molar-refractivity contribution is 5.82. The van der Waals surface area contributed by atoms with Gasteiger partial charge in [-0.05, 0) is 49.4 Å². The van der Waals surface area contributed by atoms with Gasteiger partial charge in [0.2, 0.25) is 0 Å². The van der Waals surface area contributed by atoms with Crippen LogP contribution in [0.5, 0.6) is 0 Å². The maximum Gasteiger partial charge on any atom is 0.326 e. The molecule has 3 saturated carbocycles. The van der Waals surface area contributed by atoms with E-state index >= 15 is 0 Å². The van der Waals surface area contributed by atoms with Crippen LogP contribution in [-0.2, 0) is 4.79 Å². The van der Waals surface area contributed by atoms with E-state index in [0.29, 0.717) is 24.3 Å². The Hall–Kier alpha value is -1.26. The Morgan fingerprint density at radius 3 is 2.45 bits per heavy atom. The number of unbranched alkanes of at least 4 members (excludes halogenated alkanes) is 1. The Kier molecular flexibility index (Phi) is 3.61. The molecule has 2 amide bonds. The largest absolute Gasteiger partial charge is 0.480 e. The van der Waals surface area contributed by atoms with Gasteiger partial charge >= 0.3 is 12.0 Å². The first-order valence-corrected chi connectivity index (χ1v) is 7.91. The minimum absolute atomic E-state index is 0.299. The second kappa shape index (κ2) is 5.26. The molecular weight excluding hydrogens is 256 g/mol. The fourth-order valence-electron chi connectivity index (χ4n) is 4.54. The number of carbonyl (C=O) groups is 2. The van der Waals surface area contributed by atoms with Crippen molar-refractivity contribution in [1.29, 1.82) is 0 Å². The van der Waals surface area contributed by atoms with Gasteiger partial charge in [-0.1, -0.05) is 19.8 Å². The van der Waals surface area contributed by atoms with Crippen molar-refractivity contribution in [2.75, 3.05) is 0 Å². The van der Waals surface area contributed by atoms with Crippen LogP contribution in [0.3, 0.4) is 0 Å². The average Bonchev–Trinajstić information content (AvgIpc) is 2.82. The van der Waals surface area contributed by atoms with Gasteiger partial charge in [0.25, 0.3) is 0 Å². The van der Waals surface area contributed by atoms with Crippen LogP contribution >= 0.6 is 0 Å². The molecule has 5 atom stereocenters. The highest BCUT2D eigenvalue weighted by atomic mass is 16.4. The number of carbonyl (C=O) groups excluding carboxylic acids is 1. The van der Waals surface area contributed by atoms with Crippen molar-refractivity contribution in [3.63, 3.8) is 0 Å². The number of carboxylic acid groups (broad SMARTS) is 1. The number of amides is 2. The Bertz CT molecular complexity index is 396. The van der Waals surface area contributed by atoms with Gasteiger partial charge in [-0.25, -0.2) is 9.59 Å². The lowest BCUT2D eigenvalue weighted by molar-refractivity contribution is -0.139. The van der Waals surface area contributed by atoms with E-state index in [0.717, 1.165) is 24.7 Å². The SMILES string of the molecule is CCCC[C@H](NC(=O)NC1C2C3CCC(C3)C12)C(=O)O. The van der Waals surface area contributed by atoms with E-state index in [1.807, 2.05) is 6.92 Å². The lowest BCUT2D eigenvalue weighted by Crippen LogP contribution is -2.47. The Morgan fingerprint density at radius 1 is 1.25 bits per heavy atom. The number of urea groups is 1. The van der Waals surface area contributed by atoms with Gasteiger partial charge in [-0.2, -0.15) is 0 Å². The first-order valence-electron chi connectivity index (χ1n) is 7.91. The molecule has 0 aromatic rings. The smallest absolute Gasteiger partial charge is 0.326 e. The van der Waals surface area contributed by atoms with Crippen LogP contribution in [0, 0.1) is 23.7 Å². The van der Waals surface area contributed by atoms with Crippen LogP contribution in [0.2, 0.25) is 0 Å². The zero-order valence-electron chi connectivity index (χ0n) is 12.0. The van der Waals surface area contributed by atoms with E-state index in [1.54, 1.807) is 0 Å². The molecule has 3 aliphatic carbocycles. The summed E-state index contributed by atoms with van der Waals surface area (Å²) in [6.07, 6.45) is 6.24. The van der Waals surface area contributed by atoms with Crippen LogP contribution in [-0.4, -0.2) is 29.2 Å². The predicted octanol–water partition coefficient (Wildman–Crippen LogP) is 1.97. The van der Waals surface area contributed by atoms with E-state index in [9.17, 15) is 9.59 Å². The van der Waals surface area contributed by atoms with E-state index in [1.165, 1.54) is 19.3 Å². The molecule has 0 aromatic carbocycles. The second-order valence-corrected chi connectivity index (χ2v) is 6.66. The highest BCUT2D eigenvalue weighted by Crippen LogP contribution is 2.65. The van der Waals surface area contributed by atoms with Crippen molar-refractivity contribution in [1.82, 2.24) is 10.6 Å². The molecule has 20 heavy (non-hydrogen) atoms. The molecule has 0 saturated heterocycles. The fourth-order valence-corrected chi connectivity index (χ4v) is 4.54. The standard InChI is InChI=1S/C15H24N2O3/c1-2-3-4-10(14(18)19)16-15(20)17-13-11-8-5-6-9(7-8)12(11)13/h8-13H,2-7H2,1H3,(H,18,19)(H2,16,17,20)/t8?,9?,10-,11?,12?,13?/m0/s1. The number of hydrogen-bond donors (Lipinski definition) is 3. The van der Waals surface area contributed by atoms with Crippen LogP contribution in [0.25, 0.3) is 0 Å². The Labute approximate surface area is 119 Å². The van der Waals surface area contributed by atoms with Crippen molar-refractivity contribution < 1.29 is 14.7 Å². The van der Waals surface area contributed by atoms with Crippen LogP contribution < -0.4 is 10.6 Å². The minimum Gasteiger partial charge on any atom is -0.480 e. The van der Waals surface area contributed by atoms with E-state index in [2.05, 4.69) is 10.6 Å². The molecule has 0 spiro atoms. The molecule has 3 N–H and O–H groups in total. The van der Waals surface area contributed by atoms with Crippen LogP contribution in [0.4, 0.5) is 4.79 Å². The van der Waals surface area contributed by atoms with Crippen molar-refractivity contribution in [3.8, 4) is 0 Å². The monoisotopic (exact) mass is 280 g/mol. The maximum atomic E-state index is 12.0. The number of carboxylic acids is 1. The summed E-state index contributed by atoms with van der Waals surface area (Å²) in [5, 5.41) is 14.7. The predicted molar refractivity (Wildman–Crippen MR) is 74.2 cm³/mol. The molecule has 0 aliphatic heterocycles. The third-order valence-electron chi connectivity index (χ3n) is 5.48. The summed E-state index contributed by atoms with van der Waals surface area (Å²) < 4.78 is 0. The molecule has 0 aromatic heterocycles. The zero-order valence-corrected chi connectivity index (χ0v) is 12.0. The highest BCUT2D eigenvalue weighted by Gasteiger charge is 2.65. The summed E-state index contributed by atoms with van der Waals surface area (Å²) in [5.41, 5.74) is 0. The molecule has 112 valence electrons. The molecule has 5 nitrogen and oxygen atoms in total. The number of nitrogens with one attached hydrogen (secondary N) is 2. The summed E-state index contributed by atoms with van der Waals surface area (Å²) in [4.78, 5) is 23.1. The van der Waals surface area contributed by atoms with E-state index < -0.39 is 12.0 Å². The summed E-state index contributed by atoms with van der Waals surface area (Å²) in [7, 11) is 0. The molecule has 4 unspecified atom stereocenters.